The van der Waals surface area contributed by atoms with E-state index in [1.807, 2.05) is 6.07 Å². The van der Waals surface area contributed by atoms with Crippen LogP contribution in [0.5, 0.6) is 0 Å². The van der Waals surface area contributed by atoms with Crippen molar-refractivity contribution in [1.82, 2.24) is 5.32 Å². The highest BCUT2D eigenvalue weighted by Gasteiger charge is 2.29. The molecule has 7 heteroatoms. The van der Waals surface area contributed by atoms with Gasteiger partial charge in [-0.3, -0.25) is 4.79 Å². The van der Waals surface area contributed by atoms with Crippen LogP contribution in [0, 0.1) is 11.3 Å². The van der Waals surface area contributed by atoms with Gasteiger partial charge < -0.3 is 5.32 Å². The largest absolute Gasteiger partial charge is 0.348 e. The van der Waals surface area contributed by atoms with E-state index in [4.69, 9.17) is 5.26 Å². The second kappa shape index (κ2) is 4.47. The number of hydrogen-bond acceptors (Lipinski definition) is 5. The van der Waals surface area contributed by atoms with E-state index in [1.165, 1.54) is 11.3 Å². The summed E-state index contributed by atoms with van der Waals surface area (Å²) in [7, 11) is -3.00. The van der Waals surface area contributed by atoms with E-state index in [0.29, 0.717) is 16.9 Å². The van der Waals surface area contributed by atoms with E-state index in [-0.39, 0.29) is 23.5 Å². The first-order valence-electron chi connectivity index (χ1n) is 5.01. The third-order valence-corrected chi connectivity index (χ3v) is 5.24. The maximum absolute atomic E-state index is 11.8. The average Bonchev–Trinajstić information content (AvgIpc) is 2.84. The summed E-state index contributed by atoms with van der Waals surface area (Å²) in [6, 6.07) is 3.17. The first-order chi connectivity index (χ1) is 8.02. The van der Waals surface area contributed by atoms with Gasteiger partial charge in [-0.15, -0.1) is 11.3 Å². The summed E-state index contributed by atoms with van der Waals surface area (Å²) in [5.41, 5.74) is 0.327. The topological polar surface area (TPSA) is 87.0 Å². The molecule has 2 heterocycles. The number of nitrogens with one attached hydrogen (secondary N) is 1. The highest BCUT2D eigenvalue weighted by molar-refractivity contribution is 7.91. The number of thiophene rings is 1. The number of rotatable bonds is 2. The Morgan fingerprint density at radius 1 is 1.59 bits per heavy atom. The van der Waals surface area contributed by atoms with Crippen molar-refractivity contribution in [2.75, 3.05) is 11.5 Å². The molecule has 1 unspecified atom stereocenters. The minimum absolute atomic E-state index is 0.00793. The van der Waals surface area contributed by atoms with Crippen LogP contribution in [-0.2, 0) is 9.84 Å². The lowest BCUT2D eigenvalue weighted by Gasteiger charge is -2.09. The van der Waals surface area contributed by atoms with Crippen molar-refractivity contribution in [2.45, 2.75) is 12.5 Å². The zero-order valence-corrected chi connectivity index (χ0v) is 10.5. The van der Waals surface area contributed by atoms with Gasteiger partial charge in [-0.05, 0) is 17.9 Å². The monoisotopic (exact) mass is 270 g/mol. The van der Waals surface area contributed by atoms with Gasteiger partial charge in [-0.2, -0.15) is 5.26 Å². The lowest BCUT2D eigenvalue weighted by molar-refractivity contribution is 0.0945. The SMILES string of the molecule is N#Cc1ccsc1C(=O)NC1CCS(=O)(=O)C1. The van der Waals surface area contributed by atoms with Crippen LogP contribution in [0.3, 0.4) is 0 Å². The third-order valence-electron chi connectivity index (χ3n) is 2.56. The highest BCUT2D eigenvalue weighted by Crippen LogP contribution is 2.17. The van der Waals surface area contributed by atoms with Gasteiger partial charge in [-0.25, -0.2) is 8.42 Å². The molecular weight excluding hydrogens is 260 g/mol. The van der Waals surface area contributed by atoms with Gasteiger partial charge in [-0.1, -0.05) is 0 Å². The Labute approximate surface area is 103 Å². The molecule has 1 amide bonds. The fourth-order valence-electron chi connectivity index (χ4n) is 1.73. The van der Waals surface area contributed by atoms with Crippen LogP contribution >= 0.6 is 11.3 Å². The molecule has 0 bridgehead atoms. The smallest absolute Gasteiger partial charge is 0.262 e. The quantitative estimate of drug-likeness (QED) is 0.849. The van der Waals surface area contributed by atoms with Crippen molar-refractivity contribution in [2.24, 2.45) is 0 Å². The Kier molecular flexibility index (Phi) is 3.17. The highest BCUT2D eigenvalue weighted by atomic mass is 32.2. The van der Waals surface area contributed by atoms with Crippen LogP contribution in [0.15, 0.2) is 11.4 Å². The summed E-state index contributed by atoms with van der Waals surface area (Å²) in [6.45, 7) is 0. The minimum Gasteiger partial charge on any atom is -0.348 e. The van der Waals surface area contributed by atoms with E-state index >= 15 is 0 Å². The molecule has 0 aromatic carbocycles. The molecule has 1 aromatic rings. The average molecular weight is 270 g/mol. The molecule has 1 N–H and O–H groups in total. The molecule has 1 aliphatic rings. The van der Waals surface area contributed by atoms with Crippen molar-refractivity contribution in [3.63, 3.8) is 0 Å². The van der Waals surface area contributed by atoms with Crippen molar-refractivity contribution in [1.29, 1.82) is 5.26 Å². The minimum atomic E-state index is -3.00. The normalized spacial score (nSPS) is 21.9. The molecule has 1 atom stereocenters. The van der Waals surface area contributed by atoms with Gasteiger partial charge in [0, 0.05) is 6.04 Å². The number of carbonyl (C=O) groups is 1. The van der Waals surface area contributed by atoms with Gasteiger partial charge >= 0.3 is 0 Å². The van der Waals surface area contributed by atoms with Crippen molar-refractivity contribution in [3.8, 4) is 6.07 Å². The maximum atomic E-state index is 11.8. The van der Waals surface area contributed by atoms with Crippen molar-refractivity contribution in [3.05, 3.63) is 21.9 Å². The molecule has 0 aliphatic carbocycles. The van der Waals surface area contributed by atoms with Crippen LogP contribution in [0.25, 0.3) is 0 Å². The van der Waals surface area contributed by atoms with Crippen LogP contribution in [-0.4, -0.2) is 31.9 Å². The summed E-state index contributed by atoms with van der Waals surface area (Å²) in [5, 5.41) is 13.1. The molecule has 1 aromatic heterocycles. The number of nitrogens with zero attached hydrogens (tertiary/aromatic N) is 1. The molecule has 90 valence electrons. The van der Waals surface area contributed by atoms with Gasteiger partial charge in [0.05, 0.1) is 17.1 Å². The molecule has 1 fully saturated rings. The van der Waals surface area contributed by atoms with E-state index in [2.05, 4.69) is 5.32 Å². The number of carbonyl (C=O) groups excluding carboxylic acids is 1. The van der Waals surface area contributed by atoms with Crippen LogP contribution in [0.4, 0.5) is 0 Å². The summed E-state index contributed by atoms with van der Waals surface area (Å²) >= 11 is 1.18. The number of amides is 1. The summed E-state index contributed by atoms with van der Waals surface area (Å²) < 4.78 is 22.5. The predicted octanol–water partition coefficient (Wildman–Crippen LogP) is 0.537. The second-order valence-electron chi connectivity index (χ2n) is 3.85. The van der Waals surface area contributed by atoms with E-state index in [1.54, 1.807) is 11.4 Å². The maximum Gasteiger partial charge on any atom is 0.262 e. The van der Waals surface area contributed by atoms with Gasteiger partial charge in [0.1, 0.15) is 10.9 Å². The molecule has 0 radical (unpaired) electrons. The Morgan fingerprint density at radius 3 is 2.94 bits per heavy atom. The number of hydrogen-bond donors (Lipinski definition) is 1. The summed E-state index contributed by atoms with van der Waals surface area (Å²) in [6.07, 6.45) is 0.446. The summed E-state index contributed by atoms with van der Waals surface area (Å²) in [4.78, 5) is 12.2. The van der Waals surface area contributed by atoms with Gasteiger partial charge in [0.15, 0.2) is 9.84 Å². The second-order valence-corrected chi connectivity index (χ2v) is 6.99. The first kappa shape index (κ1) is 12.1. The van der Waals surface area contributed by atoms with E-state index < -0.39 is 9.84 Å². The Hall–Kier alpha value is -1.39. The molecule has 1 saturated heterocycles. The van der Waals surface area contributed by atoms with Gasteiger partial charge in [0.2, 0.25) is 0 Å². The Bertz CT molecular complexity index is 583. The van der Waals surface area contributed by atoms with E-state index in [9.17, 15) is 13.2 Å². The number of nitriles is 1. The fraction of sp³-hybridized carbons (Fsp3) is 0.400. The molecule has 2 rings (SSSR count). The number of sulfone groups is 1. The fourth-order valence-corrected chi connectivity index (χ4v) is 4.15. The lowest BCUT2D eigenvalue weighted by atomic mass is 10.2. The first-order valence-corrected chi connectivity index (χ1v) is 7.71. The molecule has 0 spiro atoms. The third kappa shape index (κ3) is 2.65. The van der Waals surface area contributed by atoms with E-state index in [0.717, 1.165) is 0 Å². The van der Waals surface area contributed by atoms with Crippen molar-refractivity contribution >= 4 is 27.1 Å². The summed E-state index contributed by atoms with van der Waals surface area (Å²) in [5.74, 6) is -0.252. The molecule has 5 nitrogen and oxygen atoms in total. The lowest BCUT2D eigenvalue weighted by Crippen LogP contribution is -2.35. The standard InChI is InChI=1S/C10H10N2O3S2/c11-5-7-1-3-16-9(7)10(13)12-8-2-4-17(14,15)6-8/h1,3,8H,2,4,6H2,(H,12,13). The van der Waals surface area contributed by atoms with Crippen molar-refractivity contribution < 1.29 is 13.2 Å². The van der Waals surface area contributed by atoms with Gasteiger partial charge in [0.25, 0.3) is 5.91 Å². The van der Waals surface area contributed by atoms with Crippen LogP contribution in [0.1, 0.15) is 21.7 Å². The van der Waals surface area contributed by atoms with Crippen LogP contribution in [0.2, 0.25) is 0 Å². The molecule has 0 saturated carbocycles. The van der Waals surface area contributed by atoms with Crippen LogP contribution < -0.4 is 5.32 Å². The molecule has 17 heavy (non-hydrogen) atoms. The molecular formula is C10H10N2O3S2. The molecule has 1 aliphatic heterocycles. The Balaban J connectivity index is 2.06. The zero-order chi connectivity index (χ0) is 12.5. The zero-order valence-electron chi connectivity index (χ0n) is 8.84. The Morgan fingerprint density at radius 2 is 2.35 bits per heavy atom. The predicted molar refractivity (Wildman–Crippen MR) is 63.6 cm³/mol.